The van der Waals surface area contributed by atoms with Crippen molar-refractivity contribution in [2.45, 2.75) is 90.4 Å². The van der Waals surface area contributed by atoms with Gasteiger partial charge in [0.05, 0.1) is 0 Å². The van der Waals surface area contributed by atoms with Gasteiger partial charge in [0.1, 0.15) is 5.78 Å². The van der Waals surface area contributed by atoms with Crippen molar-refractivity contribution in [3.8, 4) is 0 Å². The van der Waals surface area contributed by atoms with Gasteiger partial charge in [-0.3, -0.25) is 4.79 Å². The Morgan fingerprint density at radius 2 is 1.21 bits per heavy atom. The zero-order valence-electron chi connectivity index (χ0n) is 13.2. The highest BCUT2D eigenvalue weighted by molar-refractivity contribution is 5.78. The number of ketones is 1. The van der Waals surface area contributed by atoms with Gasteiger partial charge in [-0.2, -0.15) is 0 Å². The molecule has 0 saturated carbocycles. The molecule has 0 aliphatic heterocycles. The lowest BCUT2D eigenvalue weighted by atomic mass is 10.0. The summed E-state index contributed by atoms with van der Waals surface area (Å²) in [6.07, 6.45) is 15.7. The maximum absolute atomic E-state index is 11.5. The summed E-state index contributed by atoms with van der Waals surface area (Å²) in [7, 11) is 1.69. The van der Waals surface area contributed by atoms with Crippen LogP contribution in [0, 0.1) is 0 Å². The van der Waals surface area contributed by atoms with Gasteiger partial charge < -0.3 is 4.74 Å². The highest BCUT2D eigenvalue weighted by atomic mass is 16.5. The molecule has 19 heavy (non-hydrogen) atoms. The lowest BCUT2D eigenvalue weighted by Gasteiger charge is -2.02. The first kappa shape index (κ1) is 18.6. The van der Waals surface area contributed by atoms with Gasteiger partial charge >= 0.3 is 0 Å². The van der Waals surface area contributed by atoms with Crippen LogP contribution < -0.4 is 0 Å². The van der Waals surface area contributed by atoms with E-state index in [9.17, 15) is 4.79 Å². The van der Waals surface area contributed by atoms with Crippen molar-refractivity contribution in [2.75, 3.05) is 13.7 Å². The van der Waals surface area contributed by atoms with Crippen molar-refractivity contribution in [1.82, 2.24) is 0 Å². The van der Waals surface area contributed by atoms with Crippen LogP contribution >= 0.6 is 0 Å². The van der Waals surface area contributed by atoms with E-state index in [0.29, 0.717) is 18.8 Å². The second-order valence-electron chi connectivity index (χ2n) is 5.57. The highest BCUT2D eigenvalue weighted by Gasteiger charge is 2.01. The Bertz CT molecular complexity index is 190. The highest BCUT2D eigenvalue weighted by Crippen LogP contribution is 2.11. The predicted octanol–water partition coefficient (Wildman–Crippen LogP) is 5.29. The molecular formula is C17H34O2. The predicted molar refractivity (Wildman–Crippen MR) is 82.6 cm³/mol. The van der Waals surface area contributed by atoms with Gasteiger partial charge in [-0.25, -0.2) is 0 Å². The zero-order chi connectivity index (χ0) is 14.2. The lowest BCUT2D eigenvalue weighted by Crippen LogP contribution is -2.00. The van der Waals surface area contributed by atoms with E-state index in [4.69, 9.17) is 4.74 Å². The van der Waals surface area contributed by atoms with Crippen molar-refractivity contribution in [3.05, 3.63) is 0 Å². The van der Waals surface area contributed by atoms with E-state index in [1.165, 1.54) is 57.8 Å². The van der Waals surface area contributed by atoms with Crippen LogP contribution in [-0.2, 0) is 9.53 Å². The summed E-state index contributed by atoms with van der Waals surface area (Å²) in [6.45, 7) is 2.97. The topological polar surface area (TPSA) is 26.3 Å². The Hall–Kier alpha value is -0.370. The van der Waals surface area contributed by atoms with E-state index >= 15 is 0 Å². The molecule has 0 fully saturated rings. The molecule has 114 valence electrons. The second kappa shape index (κ2) is 15.7. The molecule has 0 rings (SSSR count). The molecule has 2 nitrogen and oxygen atoms in total. The van der Waals surface area contributed by atoms with Crippen molar-refractivity contribution >= 4 is 5.78 Å². The fourth-order valence-electron chi connectivity index (χ4n) is 2.35. The van der Waals surface area contributed by atoms with Crippen molar-refractivity contribution in [3.63, 3.8) is 0 Å². The van der Waals surface area contributed by atoms with Crippen LogP contribution in [0.4, 0.5) is 0 Å². The van der Waals surface area contributed by atoms with E-state index < -0.39 is 0 Å². The van der Waals surface area contributed by atoms with E-state index in [-0.39, 0.29) is 0 Å². The number of hydrogen-bond acceptors (Lipinski definition) is 2. The van der Waals surface area contributed by atoms with Crippen molar-refractivity contribution in [1.29, 1.82) is 0 Å². The van der Waals surface area contributed by atoms with Gasteiger partial charge in [0.25, 0.3) is 0 Å². The van der Waals surface area contributed by atoms with E-state index in [0.717, 1.165) is 19.3 Å². The average Bonchev–Trinajstić information content (AvgIpc) is 2.41. The first-order chi connectivity index (χ1) is 9.31. The molecular weight excluding hydrogens is 236 g/mol. The molecule has 0 aromatic carbocycles. The van der Waals surface area contributed by atoms with Crippen LogP contribution in [0.1, 0.15) is 90.4 Å². The summed E-state index contributed by atoms with van der Waals surface area (Å²) in [5.74, 6) is 0.414. The molecule has 0 radical (unpaired) electrons. The lowest BCUT2D eigenvalue weighted by molar-refractivity contribution is -0.119. The molecule has 0 atom stereocenters. The fourth-order valence-corrected chi connectivity index (χ4v) is 2.35. The number of methoxy groups -OCH3 is 1. The van der Waals surface area contributed by atoms with Gasteiger partial charge in [0, 0.05) is 26.6 Å². The third kappa shape index (κ3) is 15.6. The monoisotopic (exact) mass is 270 g/mol. The molecule has 0 amide bonds. The summed E-state index contributed by atoms with van der Waals surface area (Å²) in [4.78, 5) is 11.5. The Morgan fingerprint density at radius 3 is 1.74 bits per heavy atom. The molecule has 0 spiro atoms. The SMILES string of the molecule is CCCCCCCCCCCCC(=O)CCCOC. The smallest absolute Gasteiger partial charge is 0.132 e. The molecule has 0 aromatic rings. The third-order valence-corrected chi connectivity index (χ3v) is 3.61. The quantitative estimate of drug-likeness (QED) is 0.378. The molecule has 2 heteroatoms. The van der Waals surface area contributed by atoms with E-state index in [1.54, 1.807) is 7.11 Å². The minimum atomic E-state index is 0.414. The summed E-state index contributed by atoms with van der Waals surface area (Å²) in [6, 6.07) is 0. The minimum Gasteiger partial charge on any atom is -0.385 e. The summed E-state index contributed by atoms with van der Waals surface area (Å²) in [5.41, 5.74) is 0. The van der Waals surface area contributed by atoms with Crippen molar-refractivity contribution < 1.29 is 9.53 Å². The van der Waals surface area contributed by atoms with Gasteiger partial charge in [-0.05, 0) is 12.8 Å². The van der Waals surface area contributed by atoms with Gasteiger partial charge in [0.2, 0.25) is 0 Å². The van der Waals surface area contributed by atoms with E-state index in [1.807, 2.05) is 0 Å². The Kier molecular flexibility index (Phi) is 15.4. The molecule has 0 aliphatic carbocycles. The maximum Gasteiger partial charge on any atom is 0.132 e. The molecule has 0 aromatic heterocycles. The number of rotatable bonds is 15. The van der Waals surface area contributed by atoms with Crippen LogP contribution in [0.2, 0.25) is 0 Å². The average molecular weight is 270 g/mol. The third-order valence-electron chi connectivity index (χ3n) is 3.61. The Balaban J connectivity index is 3.07. The van der Waals surface area contributed by atoms with Crippen LogP contribution in [0.5, 0.6) is 0 Å². The number of carbonyl (C=O) groups is 1. The molecule has 0 N–H and O–H groups in total. The molecule has 0 saturated heterocycles. The number of carbonyl (C=O) groups excluding carboxylic acids is 1. The first-order valence-corrected chi connectivity index (χ1v) is 8.32. The first-order valence-electron chi connectivity index (χ1n) is 8.32. The minimum absolute atomic E-state index is 0.414. The van der Waals surface area contributed by atoms with Crippen LogP contribution in [0.25, 0.3) is 0 Å². The van der Waals surface area contributed by atoms with Gasteiger partial charge in [-0.1, -0.05) is 64.7 Å². The molecule has 0 aliphatic rings. The van der Waals surface area contributed by atoms with Crippen LogP contribution in [0.3, 0.4) is 0 Å². The van der Waals surface area contributed by atoms with E-state index in [2.05, 4.69) is 6.92 Å². The summed E-state index contributed by atoms with van der Waals surface area (Å²) < 4.78 is 4.94. The molecule has 0 heterocycles. The molecule has 0 bridgehead atoms. The Morgan fingerprint density at radius 1 is 0.737 bits per heavy atom. The normalized spacial score (nSPS) is 10.8. The number of ether oxygens (including phenoxy) is 1. The fraction of sp³-hybridized carbons (Fsp3) is 0.941. The number of unbranched alkanes of at least 4 members (excludes halogenated alkanes) is 9. The van der Waals surface area contributed by atoms with Crippen LogP contribution in [0.15, 0.2) is 0 Å². The largest absolute Gasteiger partial charge is 0.385 e. The maximum atomic E-state index is 11.5. The Labute approximate surface area is 120 Å². The summed E-state index contributed by atoms with van der Waals surface area (Å²) >= 11 is 0. The standard InChI is InChI=1S/C17H34O2/c1-3-4-5-6-7-8-9-10-11-12-14-17(18)15-13-16-19-2/h3-16H2,1-2H3. The van der Waals surface area contributed by atoms with Crippen LogP contribution in [-0.4, -0.2) is 19.5 Å². The number of hydrogen-bond donors (Lipinski definition) is 0. The summed E-state index contributed by atoms with van der Waals surface area (Å²) in [5, 5.41) is 0. The number of Topliss-reactive ketones (excluding diaryl/α,β-unsaturated/α-hetero) is 1. The van der Waals surface area contributed by atoms with Crippen molar-refractivity contribution in [2.24, 2.45) is 0 Å². The van der Waals surface area contributed by atoms with Gasteiger partial charge in [0.15, 0.2) is 0 Å². The van der Waals surface area contributed by atoms with Gasteiger partial charge in [-0.15, -0.1) is 0 Å². The zero-order valence-corrected chi connectivity index (χ0v) is 13.2. The second-order valence-corrected chi connectivity index (χ2v) is 5.57. The molecule has 0 unspecified atom stereocenters.